The van der Waals surface area contributed by atoms with Crippen LogP contribution in [0.2, 0.25) is 0 Å². The Labute approximate surface area is 219 Å². The number of carbonyl (C=O) groups is 2. The Morgan fingerprint density at radius 3 is 2.84 bits per heavy atom. The third kappa shape index (κ3) is 4.97. The van der Waals surface area contributed by atoms with Gasteiger partial charge in [-0.2, -0.15) is 9.61 Å². The number of rotatable bonds is 6. The minimum atomic E-state index is -0.537. The van der Waals surface area contributed by atoms with Gasteiger partial charge < -0.3 is 26.2 Å². The van der Waals surface area contributed by atoms with Crippen molar-refractivity contribution in [2.24, 2.45) is 0 Å². The van der Waals surface area contributed by atoms with Crippen molar-refractivity contribution in [2.45, 2.75) is 31.7 Å². The lowest BCUT2D eigenvalue weighted by atomic mass is 10.1. The average molecular weight is 517 g/mol. The molecule has 3 fully saturated rings. The first-order valence-electron chi connectivity index (χ1n) is 12.9. The summed E-state index contributed by atoms with van der Waals surface area (Å²) in [5.74, 6) is 0.342. The van der Waals surface area contributed by atoms with Crippen molar-refractivity contribution in [3.63, 3.8) is 0 Å². The molecule has 0 spiro atoms. The fourth-order valence-electron chi connectivity index (χ4n) is 4.70. The lowest BCUT2D eigenvalue weighted by molar-refractivity contribution is -0.118. The molecule has 0 unspecified atom stereocenters. The van der Waals surface area contributed by atoms with E-state index in [0.717, 1.165) is 43.7 Å². The van der Waals surface area contributed by atoms with E-state index in [1.807, 2.05) is 6.08 Å². The standard InChI is InChI=1S/C27H29FN8O2/c1-16-18(13-25(37)31-16)11-19-15-30-36-24(32-20-4-5-20)14-23(34-26(19)36)33-22-6-3-17(12-21(22)28)27(38)35-9-2-7-29-8-10-35/h3,6,11-12,14-15,20,29,32H,1-2,4-5,7-10,13H2,(H,31,37)(H,33,34)/b18-11+. The van der Waals surface area contributed by atoms with Gasteiger partial charge >= 0.3 is 0 Å². The number of hydrogen-bond donors (Lipinski definition) is 4. The van der Waals surface area contributed by atoms with Gasteiger partial charge in [-0.1, -0.05) is 6.58 Å². The Kier molecular flexibility index (Phi) is 6.28. The predicted molar refractivity (Wildman–Crippen MR) is 143 cm³/mol. The van der Waals surface area contributed by atoms with Crippen LogP contribution >= 0.6 is 0 Å². The van der Waals surface area contributed by atoms with Crippen molar-refractivity contribution >= 4 is 40.9 Å². The van der Waals surface area contributed by atoms with Crippen molar-refractivity contribution in [1.29, 1.82) is 0 Å². The number of halogens is 1. The van der Waals surface area contributed by atoms with E-state index in [0.29, 0.717) is 47.4 Å². The van der Waals surface area contributed by atoms with Crippen molar-refractivity contribution in [3.8, 4) is 0 Å². The van der Waals surface area contributed by atoms with Gasteiger partial charge in [0.1, 0.15) is 17.5 Å². The summed E-state index contributed by atoms with van der Waals surface area (Å²) in [4.78, 5) is 31.1. The first-order valence-corrected chi connectivity index (χ1v) is 12.9. The summed E-state index contributed by atoms with van der Waals surface area (Å²) in [6.07, 6.45) is 6.77. The SMILES string of the molecule is C=C1NC(=O)C/C1=C\c1cnn2c(NC3CC3)cc(Nc3ccc(C(=O)N4CCCNCC4)cc3F)nc12. The van der Waals surface area contributed by atoms with Gasteiger partial charge in [-0.3, -0.25) is 9.59 Å². The summed E-state index contributed by atoms with van der Waals surface area (Å²) < 4.78 is 16.9. The molecule has 2 aliphatic heterocycles. The van der Waals surface area contributed by atoms with E-state index >= 15 is 4.39 Å². The second-order valence-electron chi connectivity index (χ2n) is 9.87. The second kappa shape index (κ2) is 9.90. The maximum atomic E-state index is 15.2. The number of benzene rings is 1. The van der Waals surface area contributed by atoms with Crippen LogP contribution in [0.4, 0.5) is 21.7 Å². The van der Waals surface area contributed by atoms with Crippen LogP contribution in [0.5, 0.6) is 0 Å². The van der Waals surface area contributed by atoms with Crippen LogP contribution in [0.25, 0.3) is 11.7 Å². The fraction of sp³-hybridized carbons (Fsp3) is 0.333. The zero-order chi connectivity index (χ0) is 26.2. The van der Waals surface area contributed by atoms with Crippen LogP contribution in [0.1, 0.15) is 41.6 Å². The summed E-state index contributed by atoms with van der Waals surface area (Å²) in [6.45, 7) is 6.75. The van der Waals surface area contributed by atoms with E-state index in [1.165, 1.54) is 6.07 Å². The summed E-state index contributed by atoms with van der Waals surface area (Å²) in [7, 11) is 0. The Bertz CT molecular complexity index is 1470. The molecule has 0 bridgehead atoms. The van der Waals surface area contributed by atoms with E-state index in [4.69, 9.17) is 4.98 Å². The Hall–Kier alpha value is -4.25. The fourth-order valence-corrected chi connectivity index (χ4v) is 4.70. The van der Waals surface area contributed by atoms with Gasteiger partial charge in [0.05, 0.1) is 18.3 Å². The van der Waals surface area contributed by atoms with E-state index in [9.17, 15) is 9.59 Å². The Balaban J connectivity index is 1.30. The van der Waals surface area contributed by atoms with Crippen LogP contribution in [0, 0.1) is 5.82 Å². The van der Waals surface area contributed by atoms with Crippen LogP contribution in [-0.2, 0) is 4.79 Å². The van der Waals surface area contributed by atoms with E-state index in [-0.39, 0.29) is 23.9 Å². The zero-order valence-electron chi connectivity index (χ0n) is 20.9. The monoisotopic (exact) mass is 516 g/mol. The minimum absolute atomic E-state index is 0.103. The molecule has 2 saturated heterocycles. The highest BCUT2D eigenvalue weighted by Gasteiger charge is 2.24. The molecule has 4 N–H and O–H groups in total. The van der Waals surface area contributed by atoms with E-state index < -0.39 is 5.82 Å². The summed E-state index contributed by atoms with van der Waals surface area (Å²) >= 11 is 0. The first-order chi connectivity index (χ1) is 18.4. The lowest BCUT2D eigenvalue weighted by Crippen LogP contribution is -2.34. The van der Waals surface area contributed by atoms with Gasteiger partial charge in [0.15, 0.2) is 5.65 Å². The third-order valence-corrected chi connectivity index (χ3v) is 6.89. The third-order valence-electron chi connectivity index (χ3n) is 6.89. The van der Waals surface area contributed by atoms with Crippen LogP contribution < -0.4 is 21.3 Å². The summed E-state index contributed by atoms with van der Waals surface area (Å²) in [5.41, 5.74) is 3.14. The van der Waals surface area contributed by atoms with Crippen molar-refractivity contribution in [2.75, 3.05) is 36.8 Å². The average Bonchev–Trinajstić information content (AvgIpc) is 3.61. The molecule has 1 aliphatic carbocycles. The van der Waals surface area contributed by atoms with Crippen LogP contribution in [0.15, 0.2) is 48.3 Å². The van der Waals surface area contributed by atoms with Gasteiger partial charge in [-0.15, -0.1) is 0 Å². The number of nitrogens with zero attached hydrogens (tertiary/aromatic N) is 4. The molecule has 4 heterocycles. The molecule has 2 amide bonds. The Morgan fingerprint density at radius 2 is 2.08 bits per heavy atom. The number of carbonyl (C=O) groups excluding carboxylic acids is 2. The molecule has 196 valence electrons. The van der Waals surface area contributed by atoms with Crippen LogP contribution in [0.3, 0.4) is 0 Å². The highest BCUT2D eigenvalue weighted by Crippen LogP contribution is 2.30. The molecular weight excluding hydrogens is 487 g/mol. The highest BCUT2D eigenvalue weighted by atomic mass is 19.1. The van der Waals surface area contributed by atoms with Gasteiger partial charge in [-0.05, 0) is 55.7 Å². The molecule has 1 aromatic carbocycles. The topological polar surface area (TPSA) is 116 Å². The van der Waals surface area contributed by atoms with E-state index in [2.05, 4.69) is 32.9 Å². The number of anilines is 3. The molecule has 38 heavy (non-hydrogen) atoms. The molecule has 11 heteroatoms. The molecule has 0 radical (unpaired) electrons. The lowest BCUT2D eigenvalue weighted by Gasteiger charge is -2.20. The maximum absolute atomic E-state index is 15.2. The number of allylic oxidation sites excluding steroid dienone is 1. The molecule has 0 atom stereocenters. The normalized spacial score (nSPS) is 19.1. The molecular formula is C27H29FN8O2. The van der Waals surface area contributed by atoms with Gasteiger partial charge in [-0.25, -0.2) is 9.37 Å². The van der Waals surface area contributed by atoms with Gasteiger partial charge in [0, 0.05) is 48.6 Å². The number of amides is 2. The van der Waals surface area contributed by atoms with Crippen molar-refractivity contribution < 1.29 is 14.0 Å². The molecule has 6 rings (SSSR count). The smallest absolute Gasteiger partial charge is 0.254 e. The Morgan fingerprint density at radius 1 is 1.21 bits per heavy atom. The number of nitrogens with one attached hydrogen (secondary N) is 4. The van der Waals surface area contributed by atoms with Crippen molar-refractivity contribution in [1.82, 2.24) is 30.1 Å². The predicted octanol–water partition coefficient (Wildman–Crippen LogP) is 3.04. The van der Waals surface area contributed by atoms with E-state index in [1.54, 1.807) is 33.8 Å². The maximum Gasteiger partial charge on any atom is 0.254 e. The molecule has 1 saturated carbocycles. The van der Waals surface area contributed by atoms with Gasteiger partial charge in [0.25, 0.3) is 5.91 Å². The minimum Gasteiger partial charge on any atom is -0.367 e. The molecule has 2 aromatic heterocycles. The second-order valence-corrected chi connectivity index (χ2v) is 9.87. The number of fused-ring (bicyclic) bond motifs is 1. The van der Waals surface area contributed by atoms with Gasteiger partial charge in [0.2, 0.25) is 5.91 Å². The first kappa shape index (κ1) is 24.1. The molecule has 3 aliphatic rings. The summed E-state index contributed by atoms with van der Waals surface area (Å²) in [5, 5.41) is 17.0. The summed E-state index contributed by atoms with van der Waals surface area (Å²) in [6, 6.07) is 6.62. The molecule has 10 nitrogen and oxygen atoms in total. The van der Waals surface area contributed by atoms with Crippen molar-refractivity contribution in [3.05, 3.63) is 65.3 Å². The highest BCUT2D eigenvalue weighted by molar-refractivity contribution is 5.95. The molecule has 3 aromatic rings. The quantitative estimate of drug-likeness (QED) is 0.398. The number of aromatic nitrogens is 3. The van der Waals surface area contributed by atoms with Crippen LogP contribution in [-0.4, -0.2) is 63.5 Å². The number of hydrogen-bond acceptors (Lipinski definition) is 7. The zero-order valence-corrected chi connectivity index (χ0v) is 20.9. The largest absolute Gasteiger partial charge is 0.367 e.